The Hall–Kier alpha value is -3.47. The summed E-state index contributed by atoms with van der Waals surface area (Å²) in [6, 6.07) is 22.9. The fourth-order valence-corrected chi connectivity index (χ4v) is 4.24. The van der Waals surface area contributed by atoms with E-state index in [9.17, 15) is 0 Å². The fourth-order valence-electron chi connectivity index (χ4n) is 4.24. The quantitative estimate of drug-likeness (QED) is 0.626. The van der Waals surface area contributed by atoms with Crippen molar-refractivity contribution in [2.24, 2.45) is 5.10 Å². The van der Waals surface area contributed by atoms with Crippen LogP contribution in [-0.2, 0) is 0 Å². The van der Waals surface area contributed by atoms with Crippen molar-refractivity contribution in [2.75, 3.05) is 6.79 Å². The number of fused-ring (bicyclic) bond motifs is 4. The van der Waals surface area contributed by atoms with Gasteiger partial charge in [0, 0.05) is 17.5 Å². The third-order valence-electron chi connectivity index (χ3n) is 5.77. The van der Waals surface area contributed by atoms with Crippen LogP contribution in [-0.4, -0.2) is 17.5 Å². The third-order valence-corrected chi connectivity index (χ3v) is 5.77. The standard InChI is InChI=1S/C24H20N2O3/c1-15-6-8-16(9-7-15)19-13-20-18-4-2-3-5-21(18)29-24(26(20)25-19)17-10-11-22-23(12-17)28-14-27-22/h2-12,20,24H,13-14H2,1H3. The summed E-state index contributed by atoms with van der Waals surface area (Å²) >= 11 is 0. The molecule has 2 atom stereocenters. The summed E-state index contributed by atoms with van der Waals surface area (Å²) in [7, 11) is 0. The number of rotatable bonds is 2. The first-order valence-corrected chi connectivity index (χ1v) is 9.84. The normalized spacial score (nSPS) is 21.3. The van der Waals surface area contributed by atoms with Crippen LogP contribution in [0.4, 0.5) is 0 Å². The number of aryl methyl sites for hydroxylation is 1. The minimum absolute atomic E-state index is 0.145. The molecular formula is C24H20N2O3. The Morgan fingerprint density at radius 3 is 2.62 bits per heavy atom. The molecule has 2 unspecified atom stereocenters. The Bertz CT molecular complexity index is 1120. The molecule has 0 spiro atoms. The van der Waals surface area contributed by atoms with E-state index in [0.29, 0.717) is 0 Å². The highest BCUT2D eigenvalue weighted by atomic mass is 16.7. The molecule has 0 aliphatic carbocycles. The molecule has 144 valence electrons. The summed E-state index contributed by atoms with van der Waals surface area (Å²) in [4.78, 5) is 0. The van der Waals surface area contributed by atoms with Gasteiger partial charge in [0.15, 0.2) is 11.5 Å². The maximum absolute atomic E-state index is 6.42. The highest BCUT2D eigenvalue weighted by molar-refractivity contribution is 6.02. The number of benzene rings is 3. The summed E-state index contributed by atoms with van der Waals surface area (Å²) in [5.74, 6) is 2.44. The van der Waals surface area contributed by atoms with Gasteiger partial charge in [-0.25, -0.2) is 5.01 Å². The van der Waals surface area contributed by atoms with Gasteiger partial charge in [0.1, 0.15) is 5.75 Å². The van der Waals surface area contributed by atoms with Crippen molar-refractivity contribution in [1.29, 1.82) is 0 Å². The Balaban J connectivity index is 1.44. The molecule has 0 saturated heterocycles. The lowest BCUT2D eigenvalue weighted by Gasteiger charge is -2.38. The van der Waals surface area contributed by atoms with Gasteiger partial charge in [0.2, 0.25) is 13.0 Å². The number of hydrogen-bond acceptors (Lipinski definition) is 5. The van der Waals surface area contributed by atoms with Crippen molar-refractivity contribution in [3.8, 4) is 17.2 Å². The second kappa shape index (κ2) is 6.27. The van der Waals surface area contributed by atoms with Gasteiger partial charge in [-0.2, -0.15) is 5.10 Å². The van der Waals surface area contributed by atoms with Crippen LogP contribution in [0.25, 0.3) is 0 Å². The summed E-state index contributed by atoms with van der Waals surface area (Å²) in [5.41, 5.74) is 5.67. The Morgan fingerprint density at radius 2 is 1.72 bits per heavy atom. The average Bonchev–Trinajstić information content (AvgIpc) is 3.40. The molecule has 3 heterocycles. The molecular weight excluding hydrogens is 364 g/mol. The van der Waals surface area contributed by atoms with E-state index < -0.39 is 0 Å². The lowest BCUT2D eigenvalue weighted by atomic mass is 9.95. The molecule has 0 N–H and O–H groups in total. The molecule has 3 aliphatic heterocycles. The number of hydrogen-bond donors (Lipinski definition) is 0. The van der Waals surface area contributed by atoms with E-state index >= 15 is 0 Å². The third kappa shape index (κ3) is 2.65. The zero-order valence-corrected chi connectivity index (χ0v) is 16.0. The SMILES string of the molecule is Cc1ccc(C2=NN3C(C2)c2ccccc2OC3c2ccc3c(c2)OCO3)cc1. The van der Waals surface area contributed by atoms with E-state index in [-0.39, 0.29) is 19.1 Å². The first kappa shape index (κ1) is 16.5. The summed E-state index contributed by atoms with van der Waals surface area (Å²) in [6.45, 7) is 2.36. The summed E-state index contributed by atoms with van der Waals surface area (Å²) in [6.07, 6.45) is 0.539. The molecule has 0 radical (unpaired) electrons. The molecule has 6 rings (SSSR count). The maximum atomic E-state index is 6.42. The molecule has 5 heteroatoms. The van der Waals surface area contributed by atoms with Crippen LogP contribution >= 0.6 is 0 Å². The Kier molecular flexibility index (Phi) is 3.57. The highest BCUT2D eigenvalue weighted by Crippen LogP contribution is 2.48. The topological polar surface area (TPSA) is 43.3 Å². The van der Waals surface area contributed by atoms with E-state index in [4.69, 9.17) is 19.3 Å². The first-order chi connectivity index (χ1) is 14.3. The van der Waals surface area contributed by atoms with Gasteiger partial charge in [-0.15, -0.1) is 0 Å². The predicted octanol–water partition coefficient (Wildman–Crippen LogP) is 4.97. The van der Waals surface area contributed by atoms with Crippen molar-refractivity contribution in [2.45, 2.75) is 25.6 Å². The minimum atomic E-state index is -0.313. The molecule has 29 heavy (non-hydrogen) atoms. The van der Waals surface area contributed by atoms with Gasteiger partial charge < -0.3 is 14.2 Å². The molecule has 5 nitrogen and oxygen atoms in total. The van der Waals surface area contributed by atoms with Crippen LogP contribution in [0.2, 0.25) is 0 Å². The molecule has 0 fully saturated rings. The summed E-state index contributed by atoms with van der Waals surface area (Å²) < 4.78 is 17.5. The second-order valence-corrected chi connectivity index (χ2v) is 7.63. The Morgan fingerprint density at radius 1 is 0.897 bits per heavy atom. The number of nitrogens with zero attached hydrogens (tertiary/aromatic N) is 2. The summed E-state index contributed by atoms with van der Waals surface area (Å²) in [5, 5.41) is 7.11. The van der Waals surface area contributed by atoms with E-state index in [2.05, 4.69) is 48.3 Å². The van der Waals surface area contributed by atoms with Gasteiger partial charge in [-0.1, -0.05) is 48.0 Å². The van der Waals surface area contributed by atoms with Crippen LogP contribution in [0.15, 0.2) is 71.8 Å². The number of ether oxygens (including phenoxy) is 3. The van der Waals surface area contributed by atoms with Crippen LogP contribution < -0.4 is 14.2 Å². The van der Waals surface area contributed by atoms with E-state index in [0.717, 1.165) is 40.5 Å². The van der Waals surface area contributed by atoms with Crippen molar-refractivity contribution in [1.82, 2.24) is 5.01 Å². The van der Waals surface area contributed by atoms with E-state index in [1.807, 2.05) is 30.3 Å². The van der Waals surface area contributed by atoms with Crippen LogP contribution in [0, 0.1) is 6.92 Å². The van der Waals surface area contributed by atoms with Crippen molar-refractivity contribution in [3.05, 3.63) is 89.0 Å². The van der Waals surface area contributed by atoms with Gasteiger partial charge in [-0.05, 0) is 36.8 Å². The van der Waals surface area contributed by atoms with E-state index in [1.54, 1.807) is 0 Å². The lowest BCUT2D eigenvalue weighted by Crippen LogP contribution is -2.33. The number of hydrazone groups is 1. The largest absolute Gasteiger partial charge is 0.464 e. The smallest absolute Gasteiger partial charge is 0.231 e. The monoisotopic (exact) mass is 384 g/mol. The van der Waals surface area contributed by atoms with Crippen molar-refractivity contribution < 1.29 is 14.2 Å². The first-order valence-electron chi connectivity index (χ1n) is 9.84. The van der Waals surface area contributed by atoms with Crippen molar-refractivity contribution in [3.63, 3.8) is 0 Å². The second-order valence-electron chi connectivity index (χ2n) is 7.63. The highest BCUT2D eigenvalue weighted by Gasteiger charge is 2.41. The Labute approximate surface area is 169 Å². The minimum Gasteiger partial charge on any atom is -0.464 e. The molecule has 3 aliphatic rings. The number of para-hydroxylation sites is 1. The zero-order valence-electron chi connectivity index (χ0n) is 16.0. The van der Waals surface area contributed by atoms with Gasteiger partial charge >= 0.3 is 0 Å². The predicted molar refractivity (Wildman–Crippen MR) is 109 cm³/mol. The molecule has 0 bridgehead atoms. The van der Waals surface area contributed by atoms with Gasteiger partial charge in [0.05, 0.1) is 11.8 Å². The molecule has 0 saturated carbocycles. The van der Waals surface area contributed by atoms with Gasteiger partial charge in [-0.3, -0.25) is 0 Å². The lowest BCUT2D eigenvalue weighted by molar-refractivity contribution is -0.0191. The van der Waals surface area contributed by atoms with E-state index in [1.165, 1.54) is 11.1 Å². The van der Waals surface area contributed by atoms with Crippen LogP contribution in [0.3, 0.4) is 0 Å². The molecule has 3 aromatic rings. The average molecular weight is 384 g/mol. The fraction of sp³-hybridized carbons (Fsp3) is 0.208. The van der Waals surface area contributed by atoms with Gasteiger partial charge in [0.25, 0.3) is 0 Å². The van der Waals surface area contributed by atoms with Crippen LogP contribution in [0.1, 0.15) is 40.9 Å². The van der Waals surface area contributed by atoms with Crippen LogP contribution in [0.5, 0.6) is 17.2 Å². The van der Waals surface area contributed by atoms with Crippen molar-refractivity contribution >= 4 is 5.71 Å². The maximum Gasteiger partial charge on any atom is 0.231 e. The molecule has 0 amide bonds. The molecule has 0 aromatic heterocycles. The molecule has 3 aromatic carbocycles. The zero-order chi connectivity index (χ0) is 19.4.